The first kappa shape index (κ1) is 24.9. The second-order valence-corrected chi connectivity index (χ2v) is 8.62. The first-order chi connectivity index (χ1) is 18.4. The first-order valence-corrected chi connectivity index (χ1v) is 11.6. The molecule has 0 saturated carbocycles. The average Bonchev–Trinajstić information content (AvgIpc) is 2.91. The van der Waals surface area contributed by atoms with Gasteiger partial charge in [0, 0.05) is 38.1 Å². The number of rotatable bonds is 7. The first-order valence-electron chi connectivity index (χ1n) is 11.6. The van der Waals surface area contributed by atoms with E-state index in [1.807, 2.05) is 0 Å². The van der Waals surface area contributed by atoms with Crippen molar-refractivity contribution in [3.63, 3.8) is 0 Å². The maximum Gasteiger partial charge on any atom is 0.200 e. The third-order valence-electron chi connectivity index (χ3n) is 6.13. The molecule has 0 atom stereocenters. The third kappa shape index (κ3) is 4.79. The van der Waals surface area contributed by atoms with Crippen molar-refractivity contribution in [2.45, 2.75) is 13.0 Å². The van der Waals surface area contributed by atoms with Crippen LogP contribution < -0.4 is 10.2 Å². The van der Waals surface area contributed by atoms with Crippen LogP contribution in [0, 0.1) is 11.6 Å². The van der Waals surface area contributed by atoms with E-state index in [2.05, 4.69) is 9.97 Å². The van der Waals surface area contributed by atoms with E-state index in [-0.39, 0.29) is 29.0 Å². The number of hydrogen-bond acceptors (Lipinski definition) is 6. The highest BCUT2D eigenvalue weighted by molar-refractivity contribution is 5.98. The highest BCUT2D eigenvalue weighted by atomic mass is 19.1. The molecular weight excluding hydrogens is 492 g/mol. The van der Waals surface area contributed by atoms with Crippen LogP contribution in [0.5, 0.6) is 11.5 Å². The van der Waals surface area contributed by atoms with Gasteiger partial charge in [-0.25, -0.2) is 8.78 Å². The summed E-state index contributed by atoms with van der Waals surface area (Å²) in [5.74, 6) is -1.42. The Morgan fingerprint density at radius 2 is 1.79 bits per heavy atom. The molecule has 3 aromatic heterocycles. The van der Waals surface area contributed by atoms with Crippen LogP contribution >= 0.6 is 0 Å². The number of benzene rings is 2. The van der Waals surface area contributed by atoms with E-state index in [1.54, 1.807) is 37.5 Å². The van der Waals surface area contributed by atoms with Gasteiger partial charge in [-0.2, -0.15) is 0 Å². The number of carbonyl (C=O) groups is 1. The molecule has 1 N–H and O–H groups in total. The second-order valence-electron chi connectivity index (χ2n) is 8.62. The summed E-state index contributed by atoms with van der Waals surface area (Å²) in [6, 6.07) is 14.4. The number of hydrogen-bond donors (Lipinski definition) is 1. The normalized spacial score (nSPS) is 11.1. The number of halogens is 2. The molecule has 0 amide bonds. The molecule has 190 valence electrons. The molecule has 9 heteroatoms. The van der Waals surface area contributed by atoms with Gasteiger partial charge < -0.3 is 14.4 Å². The number of aliphatic hydroxyl groups excluding tert-OH is 1. The molecule has 3 heterocycles. The quantitative estimate of drug-likeness (QED) is 0.309. The van der Waals surface area contributed by atoms with Crippen molar-refractivity contribution < 1.29 is 23.4 Å². The van der Waals surface area contributed by atoms with Crippen molar-refractivity contribution in [1.82, 2.24) is 14.5 Å². The maximum absolute atomic E-state index is 15.0. The van der Waals surface area contributed by atoms with Gasteiger partial charge in [0.1, 0.15) is 11.3 Å². The van der Waals surface area contributed by atoms with Crippen molar-refractivity contribution in [1.29, 1.82) is 0 Å². The Balaban J connectivity index is 1.43. The topological polar surface area (TPSA) is 94.3 Å². The van der Waals surface area contributed by atoms with E-state index in [0.29, 0.717) is 27.9 Å². The minimum Gasteiger partial charge on any atom is -0.452 e. The molecule has 0 bridgehead atoms. The predicted octanol–water partition coefficient (Wildman–Crippen LogP) is 4.98. The van der Waals surface area contributed by atoms with Crippen LogP contribution in [0.4, 0.5) is 8.78 Å². The molecule has 0 fully saturated rings. The summed E-state index contributed by atoms with van der Waals surface area (Å²) in [7, 11) is 1.60. The standard InChI is InChI=1S/C29H21F2N3O4/c1-34-15-20(29(37)27(23(34)16-35)18-5-7-19(30)8-6-18)24(36)14-17-4-9-25(21(31)13-17)38-26-10-12-32-22-3-2-11-33-28(22)26/h2-13,15,35H,14,16H2,1H3. The van der Waals surface area contributed by atoms with Crippen LogP contribution in [0.3, 0.4) is 0 Å². The second kappa shape index (κ2) is 10.3. The smallest absolute Gasteiger partial charge is 0.200 e. The van der Waals surface area contributed by atoms with Gasteiger partial charge in [-0.3, -0.25) is 19.6 Å². The number of aryl methyl sites for hydroxylation is 1. The number of Topliss-reactive ketones (excluding diaryl/α,β-unsaturated/α-hetero) is 1. The SMILES string of the molecule is Cn1cc(C(=O)Cc2ccc(Oc3ccnc4cccnc34)c(F)c2)c(=O)c(-c2ccc(F)cc2)c1CO. The van der Waals surface area contributed by atoms with Crippen LogP contribution in [0.2, 0.25) is 0 Å². The summed E-state index contributed by atoms with van der Waals surface area (Å²) in [5.41, 5.74) is 1.46. The third-order valence-corrected chi connectivity index (χ3v) is 6.13. The molecule has 0 spiro atoms. The van der Waals surface area contributed by atoms with Gasteiger partial charge in [0.15, 0.2) is 23.1 Å². The highest BCUT2D eigenvalue weighted by Gasteiger charge is 2.21. The number of ketones is 1. The predicted molar refractivity (Wildman–Crippen MR) is 137 cm³/mol. The van der Waals surface area contributed by atoms with Crippen LogP contribution in [-0.4, -0.2) is 25.4 Å². The van der Waals surface area contributed by atoms with Crippen molar-refractivity contribution in [2.75, 3.05) is 0 Å². The Bertz CT molecular complexity index is 1730. The fourth-order valence-corrected chi connectivity index (χ4v) is 4.25. The molecule has 0 unspecified atom stereocenters. The van der Waals surface area contributed by atoms with Crippen LogP contribution in [0.15, 0.2) is 84.0 Å². The Morgan fingerprint density at radius 3 is 2.53 bits per heavy atom. The Morgan fingerprint density at radius 1 is 1.00 bits per heavy atom. The zero-order valence-electron chi connectivity index (χ0n) is 20.2. The van der Waals surface area contributed by atoms with Gasteiger partial charge in [0.2, 0.25) is 5.43 Å². The van der Waals surface area contributed by atoms with Crippen molar-refractivity contribution >= 4 is 16.8 Å². The van der Waals surface area contributed by atoms with Gasteiger partial charge >= 0.3 is 0 Å². The fourth-order valence-electron chi connectivity index (χ4n) is 4.25. The monoisotopic (exact) mass is 513 g/mol. The van der Waals surface area contributed by atoms with Gasteiger partial charge in [-0.15, -0.1) is 0 Å². The Kier molecular flexibility index (Phi) is 6.76. The number of pyridine rings is 3. The number of carbonyl (C=O) groups excluding carboxylic acids is 1. The molecular formula is C29H21F2N3O4. The lowest BCUT2D eigenvalue weighted by molar-refractivity contribution is 0.0991. The van der Waals surface area contributed by atoms with Crippen molar-refractivity contribution in [2.24, 2.45) is 7.05 Å². The summed E-state index contributed by atoms with van der Waals surface area (Å²) in [5, 5.41) is 9.85. The average molecular weight is 514 g/mol. The molecule has 2 aromatic carbocycles. The zero-order valence-corrected chi connectivity index (χ0v) is 20.2. The Hall–Kier alpha value is -4.76. The molecule has 0 radical (unpaired) electrons. The fraction of sp³-hybridized carbons (Fsp3) is 0.103. The van der Waals surface area contributed by atoms with Gasteiger partial charge in [0.25, 0.3) is 0 Å². The summed E-state index contributed by atoms with van der Waals surface area (Å²) in [6.07, 6.45) is 4.22. The van der Waals surface area contributed by atoms with Crippen LogP contribution in [0.25, 0.3) is 22.2 Å². The lowest BCUT2D eigenvalue weighted by Crippen LogP contribution is -2.23. The van der Waals surface area contributed by atoms with E-state index >= 15 is 0 Å². The maximum atomic E-state index is 15.0. The van der Waals surface area contributed by atoms with E-state index in [4.69, 9.17) is 4.74 Å². The van der Waals surface area contributed by atoms with E-state index < -0.39 is 29.5 Å². The minimum atomic E-state index is -0.688. The van der Waals surface area contributed by atoms with Gasteiger partial charge in [-0.1, -0.05) is 18.2 Å². The molecule has 0 aliphatic heterocycles. The molecule has 38 heavy (non-hydrogen) atoms. The highest BCUT2D eigenvalue weighted by Crippen LogP contribution is 2.30. The van der Waals surface area contributed by atoms with Crippen LogP contribution in [0.1, 0.15) is 21.6 Å². The molecule has 7 nitrogen and oxygen atoms in total. The van der Waals surface area contributed by atoms with Crippen molar-refractivity contribution in [3.05, 3.63) is 118 Å². The Labute approximate surface area is 215 Å². The van der Waals surface area contributed by atoms with E-state index in [9.17, 15) is 23.5 Å². The van der Waals surface area contributed by atoms with Crippen molar-refractivity contribution in [3.8, 4) is 22.6 Å². The molecule has 0 aliphatic carbocycles. The summed E-state index contributed by atoms with van der Waals surface area (Å²) in [6.45, 7) is -0.456. The summed E-state index contributed by atoms with van der Waals surface area (Å²) < 4.78 is 35.6. The summed E-state index contributed by atoms with van der Waals surface area (Å²) in [4.78, 5) is 34.9. The summed E-state index contributed by atoms with van der Waals surface area (Å²) >= 11 is 0. The number of aromatic nitrogens is 3. The number of ether oxygens (including phenoxy) is 1. The van der Waals surface area contributed by atoms with Gasteiger partial charge in [0.05, 0.1) is 28.9 Å². The van der Waals surface area contributed by atoms with Gasteiger partial charge in [-0.05, 0) is 47.5 Å². The number of fused-ring (bicyclic) bond motifs is 1. The van der Waals surface area contributed by atoms with Crippen LogP contribution in [-0.2, 0) is 20.1 Å². The van der Waals surface area contributed by atoms with E-state index in [0.717, 1.165) is 0 Å². The lowest BCUT2D eigenvalue weighted by Gasteiger charge is -2.15. The minimum absolute atomic E-state index is 0.0545. The molecule has 5 rings (SSSR count). The zero-order chi connectivity index (χ0) is 26.8. The van der Waals surface area contributed by atoms with E-state index in [1.165, 1.54) is 53.4 Å². The molecule has 0 saturated heterocycles. The molecule has 5 aromatic rings. The largest absolute Gasteiger partial charge is 0.452 e. The number of aliphatic hydroxyl groups is 1. The lowest BCUT2D eigenvalue weighted by atomic mass is 9.97. The molecule has 0 aliphatic rings. The number of nitrogens with zero attached hydrogens (tertiary/aromatic N) is 3.